The van der Waals surface area contributed by atoms with Gasteiger partial charge in [-0.15, -0.1) is 0 Å². The van der Waals surface area contributed by atoms with Gasteiger partial charge in [0.25, 0.3) is 0 Å². The van der Waals surface area contributed by atoms with Crippen LogP contribution in [0.25, 0.3) is 0 Å². The maximum absolute atomic E-state index is 8.54. The van der Waals surface area contributed by atoms with Crippen LogP contribution in [0.3, 0.4) is 0 Å². The van der Waals surface area contributed by atoms with E-state index >= 15 is 0 Å². The third-order valence-corrected chi connectivity index (χ3v) is 1.55. The summed E-state index contributed by atoms with van der Waals surface area (Å²) in [4.78, 5) is 3.94. The zero-order valence-electron chi connectivity index (χ0n) is 7.94. The topological polar surface area (TPSA) is 84.9 Å². The van der Waals surface area contributed by atoms with Crippen LogP contribution in [-0.4, -0.2) is 16.9 Å². The Morgan fingerprint density at radius 3 is 2.93 bits per heavy atom. The Labute approximate surface area is 87.3 Å². The van der Waals surface area contributed by atoms with Gasteiger partial charge in [0.05, 0.1) is 5.56 Å². The smallest absolute Gasteiger partial charge is 0.146 e. The molecule has 1 aromatic heterocycles. The van der Waals surface area contributed by atoms with Crippen molar-refractivity contribution in [3.8, 4) is 6.07 Å². The molecule has 0 bridgehead atoms. The van der Waals surface area contributed by atoms with Gasteiger partial charge in [-0.2, -0.15) is 10.4 Å². The molecule has 0 fully saturated rings. The average molecular weight is 199 g/mol. The van der Waals surface area contributed by atoms with Gasteiger partial charge in [0, 0.05) is 12.4 Å². The standard InChI is InChI=1S/C10H9N5/c1-2-9(6-12)14-15-10-4-3-8(5-11)7-13-10/h2-4,6-7,12H,1H2,(H,13,15)/b12-6?,14-9-. The second kappa shape index (κ2) is 5.29. The van der Waals surface area contributed by atoms with Crippen LogP contribution in [0.2, 0.25) is 0 Å². The Bertz CT molecular complexity index is 414. The predicted molar refractivity (Wildman–Crippen MR) is 59.0 cm³/mol. The van der Waals surface area contributed by atoms with Crippen molar-refractivity contribution in [2.45, 2.75) is 0 Å². The number of nitrogens with zero attached hydrogens (tertiary/aromatic N) is 3. The molecule has 0 aliphatic carbocycles. The monoisotopic (exact) mass is 199 g/mol. The van der Waals surface area contributed by atoms with Gasteiger partial charge in [0.15, 0.2) is 0 Å². The quantitative estimate of drug-likeness (QED) is 0.570. The summed E-state index contributed by atoms with van der Waals surface area (Å²) < 4.78 is 0. The van der Waals surface area contributed by atoms with Gasteiger partial charge < -0.3 is 5.41 Å². The average Bonchev–Trinajstić information content (AvgIpc) is 2.31. The van der Waals surface area contributed by atoms with Gasteiger partial charge >= 0.3 is 0 Å². The molecule has 5 heteroatoms. The Hall–Kier alpha value is -2.48. The molecule has 0 saturated carbocycles. The van der Waals surface area contributed by atoms with Crippen LogP contribution >= 0.6 is 0 Å². The molecule has 1 aromatic rings. The van der Waals surface area contributed by atoms with Crippen LogP contribution in [-0.2, 0) is 0 Å². The van der Waals surface area contributed by atoms with E-state index in [0.29, 0.717) is 17.1 Å². The Balaban J connectivity index is 2.74. The molecule has 0 spiro atoms. The highest BCUT2D eigenvalue weighted by molar-refractivity contribution is 6.34. The number of hydrogen-bond donors (Lipinski definition) is 2. The lowest BCUT2D eigenvalue weighted by atomic mass is 10.3. The second-order valence-electron chi connectivity index (χ2n) is 2.54. The van der Waals surface area contributed by atoms with E-state index in [-0.39, 0.29) is 0 Å². The lowest BCUT2D eigenvalue weighted by Crippen LogP contribution is -2.00. The predicted octanol–water partition coefficient (Wildman–Crippen LogP) is 1.56. The van der Waals surface area contributed by atoms with Crippen LogP contribution in [0.4, 0.5) is 5.82 Å². The van der Waals surface area contributed by atoms with E-state index in [0.717, 1.165) is 6.21 Å². The maximum Gasteiger partial charge on any atom is 0.146 e. The van der Waals surface area contributed by atoms with E-state index in [1.54, 1.807) is 12.1 Å². The summed E-state index contributed by atoms with van der Waals surface area (Å²) >= 11 is 0. The number of hydrogen-bond acceptors (Lipinski definition) is 5. The van der Waals surface area contributed by atoms with Gasteiger partial charge in [-0.05, 0) is 18.2 Å². The van der Waals surface area contributed by atoms with Crippen LogP contribution in [0, 0.1) is 16.7 Å². The zero-order valence-corrected chi connectivity index (χ0v) is 7.94. The highest BCUT2D eigenvalue weighted by Gasteiger charge is 1.93. The first-order valence-corrected chi connectivity index (χ1v) is 4.13. The number of nitriles is 1. The SMILES string of the molecule is C=C/C(C=N)=N/Nc1ccc(C#N)cn1. The Kier molecular flexibility index (Phi) is 3.74. The minimum Gasteiger partial charge on any atom is -0.306 e. The third kappa shape index (κ3) is 3.04. The normalized spacial score (nSPS) is 10.2. The summed E-state index contributed by atoms with van der Waals surface area (Å²) in [6.07, 6.45) is 3.96. The molecular formula is C10H9N5. The molecule has 2 N–H and O–H groups in total. The number of hydrazone groups is 1. The first-order valence-electron chi connectivity index (χ1n) is 4.13. The van der Waals surface area contributed by atoms with E-state index in [4.69, 9.17) is 10.7 Å². The van der Waals surface area contributed by atoms with E-state index in [9.17, 15) is 0 Å². The van der Waals surface area contributed by atoms with Crippen molar-refractivity contribution < 1.29 is 0 Å². The van der Waals surface area contributed by atoms with E-state index in [1.807, 2.05) is 6.07 Å². The Morgan fingerprint density at radius 1 is 1.67 bits per heavy atom. The third-order valence-electron chi connectivity index (χ3n) is 1.55. The fourth-order valence-corrected chi connectivity index (χ4v) is 0.785. The van der Waals surface area contributed by atoms with Gasteiger partial charge in [-0.25, -0.2) is 4.98 Å². The van der Waals surface area contributed by atoms with Gasteiger partial charge in [0.1, 0.15) is 17.6 Å². The number of pyridine rings is 1. The number of aromatic nitrogens is 1. The largest absolute Gasteiger partial charge is 0.306 e. The molecule has 15 heavy (non-hydrogen) atoms. The van der Waals surface area contributed by atoms with Crippen molar-refractivity contribution >= 4 is 17.7 Å². The highest BCUT2D eigenvalue weighted by Crippen LogP contribution is 2.03. The van der Waals surface area contributed by atoms with Crippen molar-refractivity contribution in [3.05, 3.63) is 36.5 Å². The Morgan fingerprint density at radius 2 is 2.47 bits per heavy atom. The number of allylic oxidation sites excluding steroid dienone is 1. The molecule has 0 aliphatic heterocycles. The highest BCUT2D eigenvalue weighted by atomic mass is 15.3. The van der Waals surface area contributed by atoms with Gasteiger partial charge in [-0.3, -0.25) is 5.43 Å². The van der Waals surface area contributed by atoms with Crippen LogP contribution in [0.15, 0.2) is 36.1 Å². The summed E-state index contributed by atoms with van der Waals surface area (Å²) in [6.45, 7) is 3.49. The fourth-order valence-electron chi connectivity index (χ4n) is 0.785. The number of anilines is 1. The molecule has 5 nitrogen and oxygen atoms in total. The summed E-state index contributed by atoms with van der Waals surface area (Å²) in [5.41, 5.74) is 3.53. The molecule has 1 heterocycles. The molecule has 0 atom stereocenters. The number of nitrogens with one attached hydrogen (secondary N) is 2. The van der Waals surface area contributed by atoms with Gasteiger partial charge in [-0.1, -0.05) is 6.58 Å². The van der Waals surface area contributed by atoms with E-state index in [2.05, 4.69) is 22.1 Å². The summed E-state index contributed by atoms with van der Waals surface area (Å²) in [5, 5.41) is 19.3. The second-order valence-corrected chi connectivity index (χ2v) is 2.54. The molecule has 0 radical (unpaired) electrons. The lowest BCUT2D eigenvalue weighted by molar-refractivity contribution is 1.22. The maximum atomic E-state index is 8.54. The van der Waals surface area contributed by atoms with Crippen molar-refractivity contribution in [1.29, 1.82) is 10.7 Å². The van der Waals surface area contributed by atoms with Gasteiger partial charge in [0.2, 0.25) is 0 Å². The molecular weight excluding hydrogens is 190 g/mol. The molecule has 0 aliphatic rings. The van der Waals surface area contributed by atoms with E-state index < -0.39 is 0 Å². The van der Waals surface area contributed by atoms with Crippen LogP contribution in [0.1, 0.15) is 5.56 Å². The van der Waals surface area contributed by atoms with Crippen molar-refractivity contribution in [3.63, 3.8) is 0 Å². The van der Waals surface area contributed by atoms with E-state index in [1.165, 1.54) is 12.3 Å². The summed E-state index contributed by atoms with van der Waals surface area (Å²) in [5.74, 6) is 0.509. The molecule has 0 aromatic carbocycles. The van der Waals surface area contributed by atoms with Crippen molar-refractivity contribution in [2.24, 2.45) is 5.10 Å². The molecule has 1 rings (SSSR count). The lowest BCUT2D eigenvalue weighted by Gasteiger charge is -1.98. The van der Waals surface area contributed by atoms with Crippen LogP contribution < -0.4 is 5.43 Å². The molecule has 74 valence electrons. The van der Waals surface area contributed by atoms with Crippen LogP contribution in [0.5, 0.6) is 0 Å². The zero-order chi connectivity index (χ0) is 11.1. The molecule has 0 unspecified atom stereocenters. The minimum absolute atomic E-state index is 0.404. The first kappa shape index (κ1) is 10.6. The van der Waals surface area contributed by atoms with Crippen molar-refractivity contribution in [1.82, 2.24) is 4.98 Å². The fraction of sp³-hybridized carbons (Fsp3) is 0. The summed E-state index contributed by atoms with van der Waals surface area (Å²) in [7, 11) is 0. The molecule has 0 amide bonds. The first-order chi connectivity index (χ1) is 7.30. The summed E-state index contributed by atoms with van der Waals surface area (Å²) in [6, 6.07) is 5.22. The minimum atomic E-state index is 0.404. The van der Waals surface area contributed by atoms with Crippen molar-refractivity contribution in [2.75, 3.05) is 5.43 Å². The molecule has 0 saturated heterocycles. The number of rotatable bonds is 4.